The zero-order valence-corrected chi connectivity index (χ0v) is 38.4. The minimum Gasteiger partial charge on any atom is -0.456 e. The normalized spacial score (nSPS) is 18.3. The van der Waals surface area contributed by atoms with E-state index in [0.29, 0.717) is 0 Å². The van der Waals surface area contributed by atoms with Crippen LogP contribution in [0.1, 0.15) is 45.1 Å². The highest BCUT2D eigenvalue weighted by atomic mass is 28.3. The van der Waals surface area contributed by atoms with E-state index in [2.05, 4.69) is 236 Å². The van der Waals surface area contributed by atoms with Crippen molar-refractivity contribution in [2.24, 2.45) is 0 Å². The van der Waals surface area contributed by atoms with Crippen LogP contribution in [0.3, 0.4) is 0 Å². The molecule has 1 aliphatic heterocycles. The molecule has 0 saturated heterocycles. The largest absolute Gasteiger partial charge is 0.456 e. The highest BCUT2D eigenvalue weighted by molar-refractivity contribution is 7.19. The fourth-order valence-electron chi connectivity index (χ4n) is 12.6. The van der Waals surface area contributed by atoms with Crippen molar-refractivity contribution in [3.05, 3.63) is 224 Å². The first kappa shape index (κ1) is 39.0. The molecule has 1 aliphatic carbocycles. The average Bonchev–Trinajstić information content (AvgIpc) is 3.98. The third kappa shape index (κ3) is 5.55. The van der Waals surface area contributed by atoms with Gasteiger partial charge in [-0.25, -0.2) is 0 Å². The first-order chi connectivity index (χ1) is 32.5. The van der Waals surface area contributed by atoms with Crippen molar-refractivity contribution in [3.8, 4) is 16.8 Å². The monoisotopic (exact) mass is 866 g/mol. The Morgan fingerprint density at radius 2 is 0.985 bits per heavy atom. The summed E-state index contributed by atoms with van der Waals surface area (Å²) in [4.78, 5) is 2.71. The summed E-state index contributed by atoms with van der Waals surface area (Å²) >= 11 is 0. The number of benzene rings is 9. The van der Waals surface area contributed by atoms with Gasteiger partial charge in [0.1, 0.15) is 11.2 Å². The second-order valence-corrected chi connectivity index (χ2v) is 23.0. The summed E-state index contributed by atoms with van der Waals surface area (Å²) in [6, 6.07) is 81.9. The van der Waals surface area contributed by atoms with E-state index < -0.39 is 8.07 Å². The molecule has 13 rings (SSSR count). The fraction of sp³-hybridized carbons (Fsp3) is 0.129. The molecule has 3 heterocycles. The fourth-order valence-corrected chi connectivity index (χ4v) is 17.3. The lowest BCUT2D eigenvalue weighted by Crippen LogP contribution is -2.74. The number of hydrogen-bond acceptors (Lipinski definition) is 2. The van der Waals surface area contributed by atoms with Gasteiger partial charge in [0.2, 0.25) is 0 Å². The first-order valence-corrected chi connectivity index (χ1v) is 25.6. The van der Waals surface area contributed by atoms with E-state index in [9.17, 15) is 0 Å². The lowest BCUT2D eigenvalue weighted by Gasteiger charge is -2.50. The van der Waals surface area contributed by atoms with Crippen molar-refractivity contribution in [1.29, 1.82) is 0 Å². The molecule has 9 aromatic carbocycles. The minimum atomic E-state index is -2.79. The maximum absolute atomic E-state index is 6.28. The zero-order valence-electron chi connectivity index (χ0n) is 37.4. The van der Waals surface area contributed by atoms with Crippen LogP contribution in [0.5, 0.6) is 0 Å². The Morgan fingerprint density at radius 3 is 1.71 bits per heavy atom. The summed E-state index contributed by atoms with van der Waals surface area (Å²) < 4.78 is 8.80. The highest BCUT2D eigenvalue weighted by Crippen LogP contribution is 2.61. The molecule has 318 valence electrons. The Bertz CT molecular complexity index is 3550. The van der Waals surface area contributed by atoms with Gasteiger partial charge in [-0.05, 0) is 124 Å². The van der Waals surface area contributed by atoms with Gasteiger partial charge in [0.05, 0.1) is 16.6 Å². The van der Waals surface area contributed by atoms with Crippen molar-refractivity contribution < 1.29 is 4.42 Å². The van der Waals surface area contributed by atoms with Crippen LogP contribution >= 0.6 is 0 Å². The molecular formula is C62H50N2OSi. The Labute approximate surface area is 387 Å². The number of anilines is 2. The first-order valence-electron chi connectivity index (χ1n) is 23.6. The zero-order chi connectivity index (χ0) is 44.0. The van der Waals surface area contributed by atoms with Crippen molar-refractivity contribution in [3.63, 3.8) is 0 Å². The Morgan fingerprint density at radius 1 is 0.424 bits per heavy atom. The molecule has 3 nitrogen and oxygen atoms in total. The number of hydrogen-bond donors (Lipinski definition) is 0. The molecule has 11 aromatic rings. The molecule has 2 aliphatic rings. The van der Waals surface area contributed by atoms with Gasteiger partial charge < -0.3 is 13.9 Å². The third-order valence-corrected chi connectivity index (χ3v) is 20.7. The molecule has 2 unspecified atom stereocenters. The molecule has 0 spiro atoms. The van der Waals surface area contributed by atoms with Gasteiger partial charge in [-0.2, -0.15) is 0 Å². The average molecular weight is 867 g/mol. The molecule has 0 amide bonds. The maximum Gasteiger partial charge on any atom is 0.179 e. The highest BCUT2D eigenvalue weighted by Gasteiger charge is 2.57. The summed E-state index contributed by atoms with van der Waals surface area (Å²) in [6.07, 6.45) is 4.88. The van der Waals surface area contributed by atoms with Crippen LogP contribution < -0.4 is 25.6 Å². The Balaban J connectivity index is 1.06. The summed E-state index contributed by atoms with van der Waals surface area (Å²) in [7, 11) is -2.79. The van der Waals surface area contributed by atoms with Crippen LogP contribution in [0.2, 0.25) is 0 Å². The van der Waals surface area contributed by atoms with E-state index in [1.165, 1.54) is 89.9 Å². The summed E-state index contributed by atoms with van der Waals surface area (Å²) in [5.41, 5.74) is 11.9. The van der Waals surface area contributed by atoms with Crippen LogP contribution in [-0.4, -0.2) is 18.2 Å². The van der Waals surface area contributed by atoms with E-state index in [1.807, 2.05) is 6.07 Å². The van der Waals surface area contributed by atoms with E-state index >= 15 is 0 Å². The number of furan rings is 1. The van der Waals surface area contributed by atoms with Gasteiger partial charge in [-0.1, -0.05) is 171 Å². The SMILES string of the molecule is CC12CCCCC1(C)N(c1ccc3c(c1)c1cc(-c4ccc5oc6ccccc6c5c4)ccc1n3-c1cccc([Si](c3ccccc3)(c3ccccc3)c3ccccc3)c1)c1ccccc12. The molecule has 66 heavy (non-hydrogen) atoms. The minimum absolute atomic E-state index is 0.0382. The van der Waals surface area contributed by atoms with Crippen molar-refractivity contribution in [2.75, 3.05) is 4.90 Å². The van der Waals surface area contributed by atoms with Crippen LogP contribution in [0.4, 0.5) is 11.4 Å². The number of fused-ring (bicyclic) bond motifs is 9. The molecule has 0 N–H and O–H groups in total. The number of para-hydroxylation sites is 2. The summed E-state index contributed by atoms with van der Waals surface area (Å²) in [5.74, 6) is 0. The van der Waals surface area contributed by atoms with Gasteiger partial charge in [-0.3, -0.25) is 0 Å². The van der Waals surface area contributed by atoms with Crippen LogP contribution in [0.25, 0.3) is 60.6 Å². The quantitative estimate of drug-likeness (QED) is 0.118. The summed E-state index contributed by atoms with van der Waals surface area (Å²) in [5, 5.41) is 10.2. The van der Waals surface area contributed by atoms with E-state index in [0.717, 1.165) is 34.0 Å². The van der Waals surface area contributed by atoms with Crippen LogP contribution in [-0.2, 0) is 5.41 Å². The van der Waals surface area contributed by atoms with Gasteiger partial charge in [-0.15, -0.1) is 0 Å². The predicted octanol–water partition coefficient (Wildman–Crippen LogP) is 13.5. The van der Waals surface area contributed by atoms with Gasteiger partial charge >= 0.3 is 0 Å². The molecule has 2 atom stereocenters. The summed E-state index contributed by atoms with van der Waals surface area (Å²) in [6.45, 7) is 5.06. The van der Waals surface area contributed by atoms with Crippen LogP contribution in [0.15, 0.2) is 223 Å². The smallest absolute Gasteiger partial charge is 0.179 e. The molecule has 0 radical (unpaired) electrons. The van der Waals surface area contributed by atoms with Crippen LogP contribution in [0, 0.1) is 0 Å². The molecular weight excluding hydrogens is 817 g/mol. The molecule has 1 fully saturated rings. The van der Waals surface area contributed by atoms with Gasteiger partial charge in [0, 0.05) is 44.0 Å². The second-order valence-electron chi connectivity index (χ2n) is 19.1. The predicted molar refractivity (Wildman–Crippen MR) is 280 cm³/mol. The maximum atomic E-state index is 6.28. The van der Waals surface area contributed by atoms with E-state index in [4.69, 9.17) is 4.42 Å². The van der Waals surface area contributed by atoms with E-state index in [-0.39, 0.29) is 11.0 Å². The van der Waals surface area contributed by atoms with Gasteiger partial charge in [0.25, 0.3) is 0 Å². The Hall–Kier alpha value is -7.40. The third-order valence-electron chi connectivity index (χ3n) is 15.9. The number of aromatic nitrogens is 1. The lowest BCUT2D eigenvalue weighted by molar-refractivity contribution is 0.195. The van der Waals surface area contributed by atoms with Crippen molar-refractivity contribution >= 4 is 83.9 Å². The van der Waals surface area contributed by atoms with Crippen molar-refractivity contribution in [1.82, 2.24) is 4.57 Å². The van der Waals surface area contributed by atoms with E-state index in [1.54, 1.807) is 0 Å². The number of rotatable bonds is 7. The topological polar surface area (TPSA) is 21.3 Å². The molecule has 1 saturated carbocycles. The lowest BCUT2D eigenvalue weighted by atomic mass is 9.61. The molecule has 0 bridgehead atoms. The standard InChI is InChI=1S/C62H50N2OSi/c1-61-37-16-17-38-62(61,2)64(58-29-14-13-28-55(58)61)46-33-35-57-53(42-46)52-39-43(44-32-36-60-54(40-44)51-27-12-15-30-59(51)65-60)31-34-56(52)63(57)45-19-18-26-50(41-45)66(47-20-6-3-7-21-47,48-22-8-4-9-23-48)49-24-10-5-11-25-49/h3-15,18-36,39-42H,16-17,37-38H2,1-2H3. The van der Waals surface area contributed by atoms with Gasteiger partial charge in [0.15, 0.2) is 8.07 Å². The number of nitrogens with zero attached hydrogens (tertiary/aromatic N) is 2. The molecule has 4 heteroatoms. The second kappa shape index (κ2) is 14.8. The molecule has 2 aromatic heterocycles. The van der Waals surface area contributed by atoms with Crippen molar-refractivity contribution in [2.45, 2.75) is 50.5 Å². The Kier molecular flexibility index (Phi) is 8.75.